The molecule has 1 fully saturated rings. The highest BCUT2D eigenvalue weighted by Crippen LogP contribution is 2.22. The topological polar surface area (TPSA) is 38.1 Å². The molecule has 1 amide bonds. The summed E-state index contributed by atoms with van der Waals surface area (Å²) in [6.07, 6.45) is 7.11. The Kier molecular flexibility index (Phi) is 5.56. The Labute approximate surface area is 166 Å². The molecule has 3 aromatic rings. The molecule has 4 rings (SSSR count). The number of likely N-dealkylation sites (tertiary alicyclic amines) is 1. The fraction of sp³-hybridized carbons (Fsp3) is 0.333. The Bertz CT molecular complexity index is 932. The molecule has 0 radical (unpaired) electrons. The molecule has 0 saturated carbocycles. The molecule has 1 aliphatic heterocycles. The lowest BCUT2D eigenvalue weighted by Gasteiger charge is -2.33. The quantitative estimate of drug-likeness (QED) is 0.667. The lowest BCUT2D eigenvalue weighted by atomic mass is 9.91. The van der Waals surface area contributed by atoms with E-state index in [4.69, 9.17) is 0 Å². The number of carbonyl (C=O) groups excluding carboxylic acids is 1. The fourth-order valence-corrected chi connectivity index (χ4v) is 4.12. The van der Waals surface area contributed by atoms with Gasteiger partial charge in [-0.15, -0.1) is 0 Å². The highest BCUT2D eigenvalue weighted by atomic mass is 16.2. The summed E-state index contributed by atoms with van der Waals surface area (Å²) in [6, 6.07) is 18.6. The average molecular weight is 374 g/mol. The second-order valence-electron chi connectivity index (χ2n) is 7.75. The van der Waals surface area contributed by atoms with Crippen molar-refractivity contribution < 1.29 is 4.79 Å². The number of amides is 1. The third-order valence-electron chi connectivity index (χ3n) is 5.62. The van der Waals surface area contributed by atoms with Crippen molar-refractivity contribution in [1.82, 2.24) is 14.5 Å². The first-order valence-corrected chi connectivity index (χ1v) is 10.1. The van der Waals surface area contributed by atoms with E-state index in [2.05, 4.69) is 45.9 Å². The Morgan fingerprint density at radius 2 is 1.93 bits per heavy atom. The highest BCUT2D eigenvalue weighted by Gasteiger charge is 2.24. The van der Waals surface area contributed by atoms with Gasteiger partial charge in [0, 0.05) is 37.6 Å². The summed E-state index contributed by atoms with van der Waals surface area (Å²) in [7, 11) is 0. The van der Waals surface area contributed by atoms with E-state index in [1.54, 1.807) is 0 Å². The van der Waals surface area contributed by atoms with Crippen LogP contribution in [0.5, 0.6) is 0 Å². The van der Waals surface area contributed by atoms with Gasteiger partial charge in [0.15, 0.2) is 0 Å². The molecule has 1 atom stereocenters. The van der Waals surface area contributed by atoms with Crippen LogP contribution in [0.4, 0.5) is 0 Å². The van der Waals surface area contributed by atoms with Gasteiger partial charge >= 0.3 is 0 Å². The minimum Gasteiger partial charge on any atom is -0.338 e. The smallest absolute Gasteiger partial charge is 0.253 e. The third-order valence-corrected chi connectivity index (χ3v) is 5.62. The van der Waals surface area contributed by atoms with Gasteiger partial charge in [-0.1, -0.05) is 42.5 Å². The first-order chi connectivity index (χ1) is 13.7. The number of rotatable bonds is 5. The zero-order valence-electron chi connectivity index (χ0n) is 16.4. The van der Waals surface area contributed by atoms with E-state index in [9.17, 15) is 4.79 Å². The molecule has 4 nitrogen and oxygen atoms in total. The van der Waals surface area contributed by atoms with Gasteiger partial charge in [0.2, 0.25) is 0 Å². The van der Waals surface area contributed by atoms with Crippen LogP contribution < -0.4 is 0 Å². The monoisotopic (exact) mass is 373 g/mol. The van der Waals surface area contributed by atoms with Gasteiger partial charge < -0.3 is 9.47 Å². The zero-order valence-corrected chi connectivity index (χ0v) is 16.4. The zero-order chi connectivity index (χ0) is 19.3. The minimum absolute atomic E-state index is 0.155. The van der Waals surface area contributed by atoms with E-state index in [1.165, 1.54) is 12.0 Å². The van der Waals surface area contributed by atoms with Crippen LogP contribution in [0.2, 0.25) is 0 Å². The average Bonchev–Trinajstić information content (AvgIpc) is 3.13. The number of hydrogen-bond donors (Lipinski definition) is 0. The van der Waals surface area contributed by atoms with Gasteiger partial charge in [-0.05, 0) is 55.4 Å². The van der Waals surface area contributed by atoms with E-state index in [1.807, 2.05) is 42.4 Å². The summed E-state index contributed by atoms with van der Waals surface area (Å²) in [4.78, 5) is 19.4. The number of aromatic nitrogens is 2. The normalized spacial score (nSPS) is 16.9. The van der Waals surface area contributed by atoms with Crippen LogP contribution >= 0.6 is 0 Å². The molecule has 0 bridgehead atoms. The second kappa shape index (κ2) is 8.42. The van der Waals surface area contributed by atoms with Gasteiger partial charge in [-0.3, -0.25) is 4.79 Å². The maximum absolute atomic E-state index is 13.1. The molecule has 0 N–H and O–H groups in total. The van der Waals surface area contributed by atoms with Crippen LogP contribution in [0, 0.1) is 12.8 Å². The molecule has 0 aliphatic carbocycles. The summed E-state index contributed by atoms with van der Waals surface area (Å²) in [5.41, 5.74) is 3.28. The minimum atomic E-state index is 0.155. The Morgan fingerprint density at radius 1 is 1.11 bits per heavy atom. The predicted molar refractivity (Wildman–Crippen MR) is 111 cm³/mol. The van der Waals surface area contributed by atoms with Crippen molar-refractivity contribution in [3.63, 3.8) is 0 Å². The van der Waals surface area contributed by atoms with Crippen molar-refractivity contribution in [3.8, 4) is 0 Å². The maximum Gasteiger partial charge on any atom is 0.253 e. The Morgan fingerprint density at radius 3 is 2.71 bits per heavy atom. The van der Waals surface area contributed by atoms with Crippen LogP contribution in [-0.4, -0.2) is 33.4 Å². The van der Waals surface area contributed by atoms with E-state index in [0.29, 0.717) is 5.92 Å². The van der Waals surface area contributed by atoms with Gasteiger partial charge in [0.1, 0.15) is 5.82 Å². The molecule has 144 valence electrons. The lowest BCUT2D eigenvalue weighted by Crippen LogP contribution is -2.40. The number of carbonyl (C=O) groups is 1. The summed E-state index contributed by atoms with van der Waals surface area (Å²) < 4.78 is 2.10. The Balaban J connectivity index is 1.43. The van der Waals surface area contributed by atoms with Crippen LogP contribution in [0.15, 0.2) is 67.0 Å². The van der Waals surface area contributed by atoms with Crippen LogP contribution in [0.3, 0.4) is 0 Å². The van der Waals surface area contributed by atoms with Gasteiger partial charge in [0.05, 0.1) is 0 Å². The lowest BCUT2D eigenvalue weighted by molar-refractivity contribution is 0.0673. The largest absolute Gasteiger partial charge is 0.338 e. The van der Waals surface area contributed by atoms with Gasteiger partial charge in [-0.2, -0.15) is 0 Å². The van der Waals surface area contributed by atoms with Crippen molar-refractivity contribution in [1.29, 1.82) is 0 Å². The van der Waals surface area contributed by atoms with Crippen molar-refractivity contribution in [2.45, 2.75) is 32.7 Å². The van der Waals surface area contributed by atoms with Gasteiger partial charge in [0.25, 0.3) is 5.91 Å². The summed E-state index contributed by atoms with van der Waals surface area (Å²) in [5, 5.41) is 0. The fourth-order valence-electron chi connectivity index (χ4n) is 4.12. The summed E-state index contributed by atoms with van der Waals surface area (Å²) in [5.74, 6) is 1.68. The second-order valence-corrected chi connectivity index (χ2v) is 7.75. The third kappa shape index (κ3) is 4.33. The van der Waals surface area contributed by atoms with Crippen molar-refractivity contribution in [3.05, 3.63) is 89.5 Å². The number of benzene rings is 2. The van der Waals surface area contributed by atoms with E-state index in [0.717, 1.165) is 49.4 Å². The molecule has 1 unspecified atom stereocenters. The first kappa shape index (κ1) is 18.5. The summed E-state index contributed by atoms with van der Waals surface area (Å²) in [6.45, 7) is 4.44. The van der Waals surface area contributed by atoms with E-state index >= 15 is 0 Å². The molecule has 28 heavy (non-hydrogen) atoms. The number of piperidine rings is 1. The van der Waals surface area contributed by atoms with Crippen LogP contribution in [-0.2, 0) is 13.0 Å². The van der Waals surface area contributed by atoms with Crippen molar-refractivity contribution in [2.75, 3.05) is 13.1 Å². The molecular weight excluding hydrogens is 346 g/mol. The molecule has 4 heteroatoms. The van der Waals surface area contributed by atoms with Crippen molar-refractivity contribution >= 4 is 5.91 Å². The highest BCUT2D eigenvalue weighted by molar-refractivity contribution is 5.94. The number of imidazole rings is 1. The molecule has 1 aliphatic rings. The molecule has 2 heterocycles. The van der Waals surface area contributed by atoms with E-state index in [-0.39, 0.29) is 5.91 Å². The standard InChI is InChI=1S/C24H27N3O/c1-19-25-12-14-26(19)17-22-9-5-11-23(16-22)24(28)27-13-6-10-21(18-27)15-20-7-3-2-4-8-20/h2-5,7-9,11-12,14,16,21H,6,10,13,15,17-18H2,1H3. The number of nitrogens with zero attached hydrogens (tertiary/aromatic N) is 3. The van der Waals surface area contributed by atoms with Crippen molar-refractivity contribution in [2.24, 2.45) is 5.92 Å². The number of hydrogen-bond acceptors (Lipinski definition) is 2. The SMILES string of the molecule is Cc1nccn1Cc1cccc(C(=O)N2CCCC(Cc3ccccc3)C2)c1. The molecule has 1 aromatic heterocycles. The first-order valence-electron chi connectivity index (χ1n) is 10.1. The van der Waals surface area contributed by atoms with Crippen LogP contribution in [0.25, 0.3) is 0 Å². The molecule has 0 spiro atoms. The molecule has 1 saturated heterocycles. The van der Waals surface area contributed by atoms with E-state index < -0.39 is 0 Å². The Hall–Kier alpha value is -2.88. The number of aryl methyl sites for hydroxylation is 1. The molecular formula is C24H27N3O. The van der Waals surface area contributed by atoms with Gasteiger partial charge in [-0.25, -0.2) is 4.98 Å². The molecule has 2 aromatic carbocycles. The maximum atomic E-state index is 13.1. The van der Waals surface area contributed by atoms with Crippen LogP contribution in [0.1, 0.15) is 40.2 Å². The predicted octanol–water partition coefficient (Wildman–Crippen LogP) is 4.33. The summed E-state index contributed by atoms with van der Waals surface area (Å²) >= 11 is 0.